The summed E-state index contributed by atoms with van der Waals surface area (Å²) in [6.07, 6.45) is 3.38. The van der Waals surface area contributed by atoms with Crippen LogP contribution in [0.4, 0.5) is 5.95 Å². The van der Waals surface area contributed by atoms with Gasteiger partial charge in [-0.2, -0.15) is 0 Å². The van der Waals surface area contributed by atoms with Crippen molar-refractivity contribution in [2.24, 2.45) is 0 Å². The zero-order valence-corrected chi connectivity index (χ0v) is 11.5. The predicted molar refractivity (Wildman–Crippen MR) is 70.1 cm³/mol. The number of carboxylic acids is 1. The average Bonchev–Trinajstić information content (AvgIpc) is 3.10. The molecule has 0 radical (unpaired) electrons. The molecular formula is C11H18N4O2S. The lowest BCUT2D eigenvalue weighted by Gasteiger charge is -2.18. The van der Waals surface area contributed by atoms with E-state index in [1.54, 1.807) is 0 Å². The maximum atomic E-state index is 10.6. The smallest absolute Gasteiger partial charge is 0.313 e. The van der Waals surface area contributed by atoms with Gasteiger partial charge < -0.3 is 10.0 Å². The van der Waals surface area contributed by atoms with E-state index in [0.717, 1.165) is 18.9 Å². The summed E-state index contributed by atoms with van der Waals surface area (Å²) in [4.78, 5) is 12.8. The average molecular weight is 270 g/mol. The fourth-order valence-corrected chi connectivity index (χ4v) is 2.50. The molecular weight excluding hydrogens is 252 g/mol. The molecule has 0 amide bonds. The van der Waals surface area contributed by atoms with E-state index in [1.807, 2.05) is 11.6 Å². The molecule has 1 aromatic rings. The SMILES string of the molecule is CCCn1c(SCC(=O)O)nnc1N(C)C1CC1. The highest BCUT2D eigenvalue weighted by Crippen LogP contribution is 2.31. The maximum Gasteiger partial charge on any atom is 0.313 e. The Morgan fingerprint density at radius 3 is 2.83 bits per heavy atom. The van der Waals surface area contributed by atoms with Gasteiger partial charge >= 0.3 is 5.97 Å². The molecule has 1 N–H and O–H groups in total. The van der Waals surface area contributed by atoms with E-state index in [4.69, 9.17) is 5.11 Å². The minimum atomic E-state index is -0.830. The molecule has 0 spiro atoms. The van der Waals surface area contributed by atoms with Gasteiger partial charge in [0, 0.05) is 19.6 Å². The summed E-state index contributed by atoms with van der Waals surface area (Å²) in [6, 6.07) is 0.571. The number of aliphatic carboxylic acids is 1. The molecule has 0 aliphatic heterocycles. The van der Waals surface area contributed by atoms with Crippen LogP contribution in [-0.4, -0.2) is 44.7 Å². The number of rotatable bonds is 7. The van der Waals surface area contributed by atoms with Gasteiger partial charge in [-0.25, -0.2) is 0 Å². The van der Waals surface area contributed by atoms with Crippen molar-refractivity contribution in [3.05, 3.63) is 0 Å². The molecule has 0 aromatic carbocycles. The first kappa shape index (κ1) is 13.2. The molecule has 100 valence electrons. The first-order valence-electron chi connectivity index (χ1n) is 6.14. The van der Waals surface area contributed by atoms with Crippen molar-refractivity contribution in [2.45, 2.75) is 43.9 Å². The first-order chi connectivity index (χ1) is 8.63. The lowest BCUT2D eigenvalue weighted by atomic mass is 10.5. The fraction of sp³-hybridized carbons (Fsp3) is 0.727. The van der Waals surface area contributed by atoms with Crippen LogP contribution in [0.1, 0.15) is 26.2 Å². The molecule has 2 rings (SSSR count). The van der Waals surface area contributed by atoms with Crippen molar-refractivity contribution < 1.29 is 9.90 Å². The lowest BCUT2D eigenvalue weighted by Crippen LogP contribution is -2.23. The summed E-state index contributed by atoms with van der Waals surface area (Å²) in [7, 11) is 2.03. The summed E-state index contributed by atoms with van der Waals surface area (Å²) >= 11 is 1.23. The highest BCUT2D eigenvalue weighted by molar-refractivity contribution is 7.99. The van der Waals surface area contributed by atoms with Gasteiger partial charge in [0.25, 0.3) is 0 Å². The van der Waals surface area contributed by atoms with Crippen LogP contribution in [0.25, 0.3) is 0 Å². The van der Waals surface area contributed by atoms with Gasteiger partial charge in [-0.1, -0.05) is 18.7 Å². The van der Waals surface area contributed by atoms with E-state index in [-0.39, 0.29) is 5.75 Å². The minimum Gasteiger partial charge on any atom is -0.481 e. The number of aromatic nitrogens is 3. The number of hydrogen-bond acceptors (Lipinski definition) is 5. The Morgan fingerprint density at radius 1 is 1.56 bits per heavy atom. The monoisotopic (exact) mass is 270 g/mol. The van der Waals surface area contributed by atoms with Crippen molar-refractivity contribution in [1.29, 1.82) is 0 Å². The summed E-state index contributed by atoms with van der Waals surface area (Å²) in [5.74, 6) is 0.0463. The zero-order valence-electron chi connectivity index (χ0n) is 10.7. The van der Waals surface area contributed by atoms with Gasteiger partial charge in [0.2, 0.25) is 5.95 Å². The normalized spacial score (nSPS) is 14.8. The van der Waals surface area contributed by atoms with Gasteiger partial charge in [-0.3, -0.25) is 9.36 Å². The van der Waals surface area contributed by atoms with Crippen molar-refractivity contribution in [3.8, 4) is 0 Å². The van der Waals surface area contributed by atoms with Crippen molar-refractivity contribution in [2.75, 3.05) is 17.7 Å². The molecule has 6 nitrogen and oxygen atoms in total. The molecule has 18 heavy (non-hydrogen) atoms. The number of anilines is 1. The largest absolute Gasteiger partial charge is 0.481 e. The molecule has 1 aliphatic carbocycles. The van der Waals surface area contributed by atoms with Crippen LogP contribution in [0.5, 0.6) is 0 Å². The van der Waals surface area contributed by atoms with Gasteiger partial charge in [0.15, 0.2) is 5.16 Å². The highest BCUT2D eigenvalue weighted by Gasteiger charge is 2.30. The van der Waals surface area contributed by atoms with E-state index in [9.17, 15) is 4.79 Å². The van der Waals surface area contributed by atoms with Crippen LogP contribution in [0.2, 0.25) is 0 Å². The maximum absolute atomic E-state index is 10.6. The molecule has 0 atom stereocenters. The highest BCUT2D eigenvalue weighted by atomic mass is 32.2. The number of carboxylic acid groups (broad SMARTS) is 1. The Balaban J connectivity index is 2.15. The van der Waals surface area contributed by atoms with Crippen molar-refractivity contribution >= 4 is 23.7 Å². The molecule has 1 saturated carbocycles. The van der Waals surface area contributed by atoms with Gasteiger partial charge in [0.1, 0.15) is 0 Å². The van der Waals surface area contributed by atoms with Crippen molar-refractivity contribution in [3.63, 3.8) is 0 Å². The molecule has 1 aliphatic rings. The summed E-state index contributed by atoms with van der Waals surface area (Å²) in [5, 5.41) is 17.7. The van der Waals surface area contributed by atoms with E-state index < -0.39 is 5.97 Å². The van der Waals surface area contributed by atoms with E-state index in [1.165, 1.54) is 24.6 Å². The first-order valence-corrected chi connectivity index (χ1v) is 7.12. The molecule has 1 heterocycles. The van der Waals surface area contributed by atoms with Crippen LogP contribution in [-0.2, 0) is 11.3 Å². The number of thioether (sulfide) groups is 1. The molecule has 0 saturated heterocycles. The second-order valence-corrected chi connectivity index (χ2v) is 5.40. The second kappa shape index (κ2) is 5.60. The Hall–Kier alpha value is -1.24. The molecule has 0 bridgehead atoms. The summed E-state index contributed by atoms with van der Waals surface area (Å²) in [5.41, 5.74) is 0. The molecule has 7 heteroatoms. The van der Waals surface area contributed by atoms with Crippen LogP contribution in [0.3, 0.4) is 0 Å². The fourth-order valence-electron chi connectivity index (χ4n) is 1.82. The Kier molecular flexibility index (Phi) is 4.11. The number of hydrogen-bond donors (Lipinski definition) is 1. The van der Waals surface area contributed by atoms with Crippen LogP contribution < -0.4 is 4.90 Å². The van der Waals surface area contributed by atoms with Gasteiger partial charge in [-0.05, 0) is 19.3 Å². The zero-order chi connectivity index (χ0) is 13.1. The quantitative estimate of drug-likeness (QED) is 0.756. The third-order valence-corrected chi connectivity index (χ3v) is 3.83. The van der Waals surface area contributed by atoms with Gasteiger partial charge in [0.05, 0.1) is 5.75 Å². The van der Waals surface area contributed by atoms with E-state index in [0.29, 0.717) is 11.2 Å². The molecule has 0 unspecified atom stereocenters. The number of carbonyl (C=O) groups is 1. The van der Waals surface area contributed by atoms with Crippen molar-refractivity contribution in [1.82, 2.24) is 14.8 Å². The minimum absolute atomic E-state index is 0.0228. The van der Waals surface area contributed by atoms with Crippen LogP contribution in [0.15, 0.2) is 5.16 Å². The molecule has 1 fully saturated rings. The van der Waals surface area contributed by atoms with Gasteiger partial charge in [-0.15, -0.1) is 10.2 Å². The summed E-state index contributed by atoms with van der Waals surface area (Å²) in [6.45, 7) is 2.91. The standard InChI is InChI=1S/C11H18N4O2S/c1-3-6-15-10(14(2)8-4-5-8)12-13-11(15)18-7-9(16)17/h8H,3-7H2,1-2H3,(H,16,17). The van der Waals surface area contributed by atoms with E-state index >= 15 is 0 Å². The Labute approximate surface area is 110 Å². The topological polar surface area (TPSA) is 71.2 Å². The summed E-state index contributed by atoms with van der Waals surface area (Å²) < 4.78 is 2.02. The van der Waals surface area contributed by atoms with Crippen LogP contribution in [0, 0.1) is 0 Å². The predicted octanol–water partition coefficient (Wildman–Crippen LogP) is 1.46. The Morgan fingerprint density at radius 2 is 2.28 bits per heavy atom. The second-order valence-electron chi connectivity index (χ2n) is 4.46. The molecule has 1 aromatic heterocycles. The third-order valence-electron chi connectivity index (χ3n) is 2.88. The third kappa shape index (κ3) is 2.95. The number of nitrogens with zero attached hydrogens (tertiary/aromatic N) is 4. The Bertz CT molecular complexity index is 431. The van der Waals surface area contributed by atoms with Crippen LogP contribution >= 0.6 is 11.8 Å². The van der Waals surface area contributed by atoms with E-state index in [2.05, 4.69) is 22.0 Å². The lowest BCUT2D eigenvalue weighted by molar-refractivity contribution is -0.133.